The van der Waals surface area contributed by atoms with E-state index in [4.69, 9.17) is 4.74 Å². The van der Waals surface area contributed by atoms with Gasteiger partial charge in [-0.05, 0) is 23.8 Å². The van der Waals surface area contributed by atoms with Crippen LogP contribution in [0.5, 0.6) is 5.75 Å². The number of hydrogen-bond donors (Lipinski definition) is 1. The number of para-hydroxylation sites is 1. The van der Waals surface area contributed by atoms with Gasteiger partial charge in [0.1, 0.15) is 10.6 Å². The summed E-state index contributed by atoms with van der Waals surface area (Å²) in [5, 5.41) is 4.11. The first-order valence-corrected chi connectivity index (χ1v) is 9.04. The summed E-state index contributed by atoms with van der Waals surface area (Å²) in [6.45, 7) is 0.140. The highest BCUT2D eigenvalue weighted by atomic mass is 32.2. The van der Waals surface area contributed by atoms with Crippen molar-refractivity contribution in [1.29, 1.82) is 0 Å². The molecule has 0 amide bonds. The Morgan fingerprint density at radius 2 is 1.96 bits per heavy atom. The highest BCUT2D eigenvalue weighted by molar-refractivity contribution is 7.89. The molecule has 0 saturated heterocycles. The molecule has 3 rings (SSSR count). The number of pyridine rings is 1. The Labute approximate surface area is 146 Å². The molecule has 0 fully saturated rings. The number of benzene rings is 1. The minimum Gasteiger partial charge on any atom is -0.495 e. The first kappa shape index (κ1) is 17.1. The average molecular weight is 358 g/mol. The molecule has 1 aromatic carbocycles. The fraction of sp³-hybridized carbons (Fsp3) is 0.176. The summed E-state index contributed by atoms with van der Waals surface area (Å²) >= 11 is 0. The minimum absolute atomic E-state index is 0.109. The summed E-state index contributed by atoms with van der Waals surface area (Å²) in [6, 6.07) is 10.2. The van der Waals surface area contributed by atoms with Crippen molar-refractivity contribution in [3.63, 3.8) is 0 Å². The van der Waals surface area contributed by atoms with E-state index in [1.165, 1.54) is 13.2 Å². The summed E-state index contributed by atoms with van der Waals surface area (Å²) in [5.41, 5.74) is 2.44. The molecule has 0 radical (unpaired) electrons. The summed E-state index contributed by atoms with van der Waals surface area (Å²) in [4.78, 5) is 4.47. The van der Waals surface area contributed by atoms with E-state index in [-0.39, 0.29) is 11.4 Å². The lowest BCUT2D eigenvalue weighted by molar-refractivity contribution is 0.402. The van der Waals surface area contributed by atoms with Crippen LogP contribution in [-0.2, 0) is 23.6 Å². The van der Waals surface area contributed by atoms with E-state index in [0.29, 0.717) is 5.75 Å². The Balaban J connectivity index is 1.73. The van der Waals surface area contributed by atoms with Crippen LogP contribution in [0.3, 0.4) is 0 Å². The number of aromatic nitrogens is 3. The third-order valence-electron chi connectivity index (χ3n) is 3.65. The Morgan fingerprint density at radius 3 is 2.60 bits per heavy atom. The molecule has 0 aliphatic carbocycles. The van der Waals surface area contributed by atoms with E-state index in [1.54, 1.807) is 35.3 Å². The molecule has 0 atom stereocenters. The molecule has 2 heterocycles. The average Bonchev–Trinajstić information content (AvgIpc) is 3.07. The predicted molar refractivity (Wildman–Crippen MR) is 93.5 cm³/mol. The van der Waals surface area contributed by atoms with Gasteiger partial charge in [-0.15, -0.1) is 0 Å². The molecular formula is C17H18N4O3S. The zero-order chi connectivity index (χ0) is 17.9. The van der Waals surface area contributed by atoms with Crippen LogP contribution in [0.1, 0.15) is 5.56 Å². The van der Waals surface area contributed by atoms with Gasteiger partial charge in [-0.3, -0.25) is 9.67 Å². The Hall–Kier alpha value is -2.71. The molecule has 0 unspecified atom stereocenters. The quantitative estimate of drug-likeness (QED) is 0.728. The van der Waals surface area contributed by atoms with Crippen molar-refractivity contribution in [1.82, 2.24) is 19.5 Å². The van der Waals surface area contributed by atoms with Gasteiger partial charge in [0.05, 0.1) is 19.0 Å². The van der Waals surface area contributed by atoms with Crippen molar-refractivity contribution in [3.8, 4) is 17.0 Å². The van der Waals surface area contributed by atoms with Gasteiger partial charge >= 0.3 is 0 Å². The van der Waals surface area contributed by atoms with Gasteiger partial charge in [-0.2, -0.15) is 5.10 Å². The third kappa shape index (κ3) is 3.86. The van der Waals surface area contributed by atoms with Gasteiger partial charge in [0.15, 0.2) is 0 Å². The number of methoxy groups -OCH3 is 1. The second-order valence-corrected chi connectivity index (χ2v) is 7.17. The van der Waals surface area contributed by atoms with Crippen LogP contribution in [0, 0.1) is 0 Å². The topological polar surface area (TPSA) is 86.1 Å². The van der Waals surface area contributed by atoms with Gasteiger partial charge < -0.3 is 4.74 Å². The lowest BCUT2D eigenvalue weighted by Gasteiger charge is -2.10. The van der Waals surface area contributed by atoms with Crippen molar-refractivity contribution < 1.29 is 13.2 Å². The summed E-state index contributed by atoms with van der Waals surface area (Å²) in [7, 11) is -0.399. The summed E-state index contributed by atoms with van der Waals surface area (Å²) in [6.07, 6.45) is 5.24. The van der Waals surface area contributed by atoms with E-state index in [1.807, 2.05) is 25.4 Å². The number of rotatable bonds is 6. The summed E-state index contributed by atoms with van der Waals surface area (Å²) in [5.74, 6) is 0.306. The predicted octanol–water partition coefficient (Wildman–Crippen LogP) is 1.97. The minimum atomic E-state index is -3.68. The van der Waals surface area contributed by atoms with Crippen LogP contribution in [0.4, 0.5) is 0 Å². The largest absolute Gasteiger partial charge is 0.495 e. The monoisotopic (exact) mass is 358 g/mol. The highest BCUT2D eigenvalue weighted by Crippen LogP contribution is 2.23. The van der Waals surface area contributed by atoms with E-state index in [0.717, 1.165) is 16.8 Å². The van der Waals surface area contributed by atoms with Crippen molar-refractivity contribution in [3.05, 3.63) is 60.6 Å². The van der Waals surface area contributed by atoms with Gasteiger partial charge in [0.25, 0.3) is 0 Å². The molecule has 2 aromatic heterocycles. The zero-order valence-electron chi connectivity index (χ0n) is 13.9. The number of aryl methyl sites for hydroxylation is 1. The summed E-state index contributed by atoms with van der Waals surface area (Å²) < 4.78 is 34.3. The highest BCUT2D eigenvalue weighted by Gasteiger charge is 2.18. The van der Waals surface area contributed by atoms with Crippen molar-refractivity contribution >= 4 is 10.0 Å². The lowest BCUT2D eigenvalue weighted by Crippen LogP contribution is -2.23. The van der Waals surface area contributed by atoms with Crippen LogP contribution in [0.15, 0.2) is 59.9 Å². The Kier molecular flexibility index (Phi) is 4.82. The molecule has 25 heavy (non-hydrogen) atoms. The molecule has 7 nitrogen and oxygen atoms in total. The van der Waals surface area contributed by atoms with E-state index < -0.39 is 10.0 Å². The molecule has 3 aromatic rings. The maximum absolute atomic E-state index is 12.5. The van der Waals surface area contributed by atoms with Gasteiger partial charge in [0.2, 0.25) is 10.0 Å². The van der Waals surface area contributed by atoms with Gasteiger partial charge in [-0.25, -0.2) is 13.1 Å². The Morgan fingerprint density at radius 1 is 1.16 bits per heavy atom. The number of sulfonamides is 1. The SMILES string of the molecule is COc1ccccc1S(=O)(=O)NCc1ccc(-c2cnn(C)c2)nc1. The number of hydrogen-bond acceptors (Lipinski definition) is 5. The van der Waals surface area contributed by atoms with Crippen molar-refractivity contribution in [2.75, 3.05) is 7.11 Å². The van der Waals surface area contributed by atoms with E-state index in [2.05, 4.69) is 14.8 Å². The lowest BCUT2D eigenvalue weighted by atomic mass is 10.2. The van der Waals surface area contributed by atoms with E-state index >= 15 is 0 Å². The normalized spacial score (nSPS) is 11.4. The van der Waals surface area contributed by atoms with Crippen LogP contribution in [0.25, 0.3) is 11.3 Å². The molecule has 130 valence electrons. The smallest absolute Gasteiger partial charge is 0.244 e. The van der Waals surface area contributed by atoms with Gasteiger partial charge in [0, 0.05) is 31.5 Å². The Bertz CT molecular complexity index is 966. The number of nitrogens with one attached hydrogen (secondary N) is 1. The first-order chi connectivity index (χ1) is 12.0. The second kappa shape index (κ2) is 7.04. The van der Waals surface area contributed by atoms with Crippen LogP contribution < -0.4 is 9.46 Å². The molecule has 1 N–H and O–H groups in total. The molecule has 0 saturated carbocycles. The van der Waals surface area contributed by atoms with Crippen LogP contribution >= 0.6 is 0 Å². The molecule has 0 aliphatic heterocycles. The fourth-order valence-electron chi connectivity index (χ4n) is 2.35. The maximum Gasteiger partial charge on any atom is 0.244 e. The molecule has 0 spiro atoms. The first-order valence-electron chi connectivity index (χ1n) is 7.56. The number of ether oxygens (including phenoxy) is 1. The third-order valence-corrected chi connectivity index (χ3v) is 5.09. The molecule has 0 aliphatic rings. The van der Waals surface area contributed by atoms with E-state index in [9.17, 15) is 8.42 Å². The van der Waals surface area contributed by atoms with Gasteiger partial charge in [-0.1, -0.05) is 18.2 Å². The zero-order valence-corrected chi connectivity index (χ0v) is 14.7. The molecular weight excluding hydrogens is 340 g/mol. The van der Waals surface area contributed by atoms with Crippen LogP contribution in [-0.4, -0.2) is 30.3 Å². The second-order valence-electron chi connectivity index (χ2n) is 5.43. The van der Waals surface area contributed by atoms with Crippen molar-refractivity contribution in [2.45, 2.75) is 11.4 Å². The molecule has 0 bridgehead atoms. The molecule has 8 heteroatoms. The maximum atomic E-state index is 12.5. The van der Waals surface area contributed by atoms with Crippen molar-refractivity contribution in [2.24, 2.45) is 7.05 Å². The fourth-order valence-corrected chi connectivity index (χ4v) is 3.54. The number of nitrogens with zero attached hydrogens (tertiary/aromatic N) is 3. The van der Waals surface area contributed by atoms with Crippen LogP contribution in [0.2, 0.25) is 0 Å². The standard InChI is InChI=1S/C17H18N4O3S/c1-21-12-14(11-19-21)15-8-7-13(9-18-15)10-20-25(22,23)17-6-4-3-5-16(17)24-2/h3-9,11-12,20H,10H2,1-2H3.